The molecule has 19 rings (SSSR count). The fourth-order valence-electron chi connectivity index (χ4n) is 12.6. The Morgan fingerprint density at radius 3 is 1.14 bits per heavy atom. The van der Waals surface area contributed by atoms with Gasteiger partial charge in [-0.15, -0.1) is 24.0 Å². The first-order chi connectivity index (χ1) is 63.0. The van der Waals surface area contributed by atoms with Crippen LogP contribution in [-0.2, 0) is 9.47 Å². The molecule has 0 bridgehead atoms. The van der Waals surface area contributed by atoms with E-state index in [2.05, 4.69) is 22.1 Å². The molecule has 4 amide bonds. The Morgan fingerprint density at radius 1 is 0.376 bits per heavy atom. The van der Waals surface area contributed by atoms with Crippen LogP contribution in [0.2, 0.25) is 0 Å². The van der Waals surface area contributed by atoms with Crippen molar-refractivity contribution < 1.29 is 122 Å². The van der Waals surface area contributed by atoms with E-state index in [1.807, 2.05) is 200 Å². The second-order valence-corrected chi connectivity index (χ2v) is 38.0. The quantitative estimate of drug-likeness (QED) is 0.00823. The van der Waals surface area contributed by atoms with Crippen molar-refractivity contribution in [3.8, 4) is 0 Å². The number of ether oxygens (including phenoxy) is 2. The Morgan fingerprint density at radius 2 is 0.714 bits per heavy atom. The van der Waals surface area contributed by atoms with E-state index in [1.165, 1.54) is 94.0 Å². The molecule has 4 aliphatic heterocycles. The zero-order chi connectivity index (χ0) is 94.0. The number of hydrogen-bond acceptors (Lipinski definition) is 25. The minimum Gasteiger partial charge on any atom is -0.870 e. The molecular weight excluding hydrogens is 1890 g/mol. The van der Waals surface area contributed by atoms with E-state index in [4.69, 9.17) is 46.1 Å². The maximum Gasteiger partial charge on any atom is 1.00 e. The first kappa shape index (κ1) is 103. The molecule has 6 N–H and O–H groups in total. The normalized spacial score (nSPS) is 11.7. The number of halogens is 3. The van der Waals surface area contributed by atoms with Crippen molar-refractivity contribution >= 4 is 215 Å². The van der Waals surface area contributed by atoms with Crippen LogP contribution < -0.4 is 50.5 Å². The van der Waals surface area contributed by atoms with E-state index in [0.717, 1.165) is 50.7 Å². The van der Waals surface area contributed by atoms with Crippen molar-refractivity contribution in [2.45, 2.75) is 34.3 Å². The van der Waals surface area contributed by atoms with Gasteiger partial charge < -0.3 is 36.0 Å². The van der Waals surface area contributed by atoms with Crippen molar-refractivity contribution in [3.63, 3.8) is 0 Å². The maximum atomic E-state index is 12.9. The van der Waals surface area contributed by atoms with Gasteiger partial charge in [0, 0.05) is 66.9 Å². The molecule has 5 heterocycles. The number of nitrogens with two attached hydrogens (primary N) is 1. The number of nitro benzene ring substituents is 2. The molecule has 4 aliphatic rings. The Labute approximate surface area is 817 Å². The number of anilines is 3. The smallest absolute Gasteiger partial charge is 0.870 e. The zero-order valence-electron chi connectivity index (χ0n) is 68.7. The average molecular weight is 1960 g/mol. The van der Waals surface area contributed by atoms with E-state index in [-0.39, 0.29) is 96.9 Å². The number of nitrogen functional groups attached to an aromatic ring is 1. The van der Waals surface area contributed by atoms with Crippen LogP contribution in [0.1, 0.15) is 114 Å². The standard InChI is InChI=1S/C20H13NO2S.C14H8N2O4.C14H10O4S.2C14H8O3S.C8H3NO5.C6H7N.C6H6S.Al.3ClH.Na.H2O/c22-19-16-12-7-13-17(24-15-10-5-2-6-11-15)18(16)20(23)21(19)14-8-3-1-4-9-14;17-13-10-7-4-8-11(16(19)20)12(10)14(18)15(13)9-5-2-1-3-6-9;15-13(16)10-7-4-8-11(12(10)14(17)18)19-9-5-2-1-3-6-9;15-13-8-4-1-2-6-10(8)18-11-7-3-5-9(12(11)13)14(16)17;15-13-10-7-4-8-11(12(10)14(16)17-13)18-9-5-2-1-3-6-9;10-7-4-2-1-3-5(9(12)13)6(4)8(11)14-7;2*7-6-4-2-1-3-5-6;;;;;;/h1-13H;1-8H;1-8H,(H,15,16)(H,17,18);1-7H,(H,16,17);1-8H;1-3H;1-5H,7H2;1-5,7H;;3*1H;;1H2/q;;;;;;;;+3;;;;+1;/p-4. The topological polar surface area (TPSA) is 433 Å². The van der Waals surface area contributed by atoms with Gasteiger partial charge in [0.2, 0.25) is 0 Å². The van der Waals surface area contributed by atoms with Crippen molar-refractivity contribution in [3.05, 3.63) is 437 Å². The molecule has 0 saturated heterocycles. The van der Waals surface area contributed by atoms with Gasteiger partial charge in [0.15, 0.2) is 11.0 Å². The number of esters is 4. The number of aromatic carboxylic acids is 3. The van der Waals surface area contributed by atoms with Gasteiger partial charge in [-0.2, -0.15) is 0 Å². The van der Waals surface area contributed by atoms with Crippen LogP contribution in [0.15, 0.2) is 385 Å². The predicted molar refractivity (Wildman–Crippen MR) is 508 cm³/mol. The average Bonchev–Trinajstić information content (AvgIpc) is 1.62. The summed E-state index contributed by atoms with van der Waals surface area (Å²) >= 11 is 7.97. The molecular formula is C96H64AlCl3N5NaO22S5. The maximum absolute atomic E-state index is 12.9. The number of imide groups is 2. The fourth-order valence-corrected chi connectivity index (χ4v) is 16.9. The Bertz CT molecular complexity index is 6900. The molecule has 1 aromatic heterocycles. The number of carbonyl (C=O) groups is 11. The Kier molecular flexibility index (Phi) is 38.4. The first-order valence-corrected chi connectivity index (χ1v) is 47.1. The van der Waals surface area contributed by atoms with Gasteiger partial charge in [0.25, 0.3) is 35.0 Å². The van der Waals surface area contributed by atoms with Gasteiger partial charge in [0.05, 0.1) is 76.7 Å². The van der Waals surface area contributed by atoms with Crippen LogP contribution in [0, 0.1) is 20.2 Å². The van der Waals surface area contributed by atoms with Crippen LogP contribution >= 0.6 is 89.4 Å². The number of benzene rings is 14. The number of hydrogen-bond donors (Lipinski definition) is 5. The van der Waals surface area contributed by atoms with Crippen LogP contribution in [0.5, 0.6) is 0 Å². The molecule has 660 valence electrons. The van der Waals surface area contributed by atoms with E-state index in [0.29, 0.717) is 54.0 Å². The van der Waals surface area contributed by atoms with Gasteiger partial charge in [-0.25, -0.2) is 73.5 Å². The number of carbonyl (C=O) groups excluding carboxylic acids is 8. The van der Waals surface area contributed by atoms with Crippen molar-refractivity contribution in [2.75, 3.05) is 15.5 Å². The molecule has 0 saturated carbocycles. The van der Waals surface area contributed by atoms with E-state index < -0.39 is 80.5 Å². The van der Waals surface area contributed by atoms with Gasteiger partial charge in [-0.1, -0.05) is 211 Å². The first-order valence-electron chi connectivity index (χ1n) is 38.2. The largest absolute Gasteiger partial charge is 1.00 e. The Balaban J connectivity index is 0.000000173. The van der Waals surface area contributed by atoms with E-state index in [1.54, 1.807) is 97.1 Å². The number of carboxylic acid groups (broad SMARTS) is 3. The number of nitrogens with zero attached hydrogens (tertiary/aromatic N) is 4. The third-order valence-electron chi connectivity index (χ3n) is 18.3. The Hall–Kier alpha value is -13.7. The summed E-state index contributed by atoms with van der Waals surface area (Å²) in [6.07, 6.45) is 0. The molecule has 0 spiro atoms. The molecule has 0 unspecified atom stereocenters. The SMILES string of the molecule is Nc1ccccc1.O=C(O)c1cccc(Sc2ccccc2)c1C(=O)O.O=C(O)c1cccc2sc3ccccc3c(=O)c12.O=C1OC(=O)c2c(Sc3ccccc3)cccc21.O=C1OC(=O)c2c1cccc2[N+](=O)[O-].O=C1c2cccc(Sc3ccccc3)c2C(=O)N1c1ccccc1.O=C1c2cccc([N+](=O)[O-])c2C(=O)N1c1ccccc1.Sc1ccccc1.[Cl][Al]([Cl])[Cl].[Na+].[OH-]. The van der Waals surface area contributed by atoms with Crippen LogP contribution in [0.4, 0.5) is 28.4 Å². The molecule has 37 heteroatoms. The number of carboxylic acids is 3. The van der Waals surface area contributed by atoms with Crippen LogP contribution in [0.25, 0.3) is 20.2 Å². The van der Waals surface area contributed by atoms with Crippen molar-refractivity contribution in [1.29, 1.82) is 0 Å². The number of cyclic esters (lactones) is 4. The van der Waals surface area contributed by atoms with E-state index >= 15 is 0 Å². The minimum atomic E-state index is -1.72. The van der Waals surface area contributed by atoms with Gasteiger partial charge in [-0.3, -0.25) is 44.2 Å². The number of para-hydroxylation sites is 3. The summed E-state index contributed by atoms with van der Waals surface area (Å²) in [5, 5.41) is 49.7. The summed E-state index contributed by atoms with van der Waals surface area (Å²) in [6, 6.07) is 100. The molecule has 0 aliphatic carbocycles. The second-order valence-electron chi connectivity index (χ2n) is 26.6. The monoisotopic (exact) mass is 1950 g/mol. The van der Waals surface area contributed by atoms with E-state index in [9.17, 15) is 82.9 Å². The van der Waals surface area contributed by atoms with Gasteiger partial charge in [0.1, 0.15) is 5.56 Å². The van der Waals surface area contributed by atoms with Gasteiger partial charge >= 0.3 is 82.7 Å². The van der Waals surface area contributed by atoms with Crippen LogP contribution in [0.3, 0.4) is 0 Å². The molecule has 15 aromatic rings. The van der Waals surface area contributed by atoms with Crippen LogP contribution in [-0.4, -0.2) is 107 Å². The number of amides is 4. The molecule has 0 fully saturated rings. The molecule has 0 atom stereocenters. The number of rotatable bonds is 13. The zero-order valence-corrected chi connectivity index (χ0v) is 78.3. The third kappa shape index (κ3) is 26.6. The van der Waals surface area contributed by atoms with Gasteiger partial charge in [-0.05, 0) is 158 Å². The predicted octanol–water partition coefficient (Wildman–Crippen LogP) is 19.2. The minimum absolute atomic E-state index is 0. The summed E-state index contributed by atoms with van der Waals surface area (Å²) in [7, 11) is 14.8. The number of thiol groups is 1. The van der Waals surface area contributed by atoms with Crippen molar-refractivity contribution in [2.24, 2.45) is 0 Å². The summed E-state index contributed by atoms with van der Waals surface area (Å²) in [6.45, 7) is 0. The number of fused-ring (bicyclic) bond motifs is 6. The number of nitro groups is 2. The molecule has 133 heavy (non-hydrogen) atoms. The summed E-state index contributed by atoms with van der Waals surface area (Å²) in [5.74, 6) is -8.21. The van der Waals surface area contributed by atoms with Crippen molar-refractivity contribution in [1.82, 2.24) is 0 Å². The summed E-state index contributed by atoms with van der Waals surface area (Å²) in [5.41, 5.74) is 7.17. The third-order valence-corrected chi connectivity index (χ3v) is 22.9. The molecule has 14 aromatic carbocycles. The second kappa shape index (κ2) is 49.5. The summed E-state index contributed by atoms with van der Waals surface area (Å²) in [4.78, 5) is 169. The molecule has 0 radical (unpaired) electrons. The fraction of sp³-hybridized carbons (Fsp3) is 0. The summed E-state index contributed by atoms with van der Waals surface area (Å²) < 4.78 is 10.4. The molecule has 27 nitrogen and oxygen atoms in total.